The molecule has 1 N–H and O–H groups in total. The van der Waals surface area contributed by atoms with Crippen molar-refractivity contribution in [2.45, 2.75) is 0 Å². The van der Waals surface area contributed by atoms with Crippen molar-refractivity contribution in [2.75, 3.05) is 5.32 Å². The molecule has 1 aromatic heterocycles. The summed E-state index contributed by atoms with van der Waals surface area (Å²) in [5.74, 6) is -0.823. The van der Waals surface area contributed by atoms with Crippen molar-refractivity contribution >= 4 is 39.1 Å². The molecular weight excluding hydrogens is 323 g/mol. The lowest BCUT2D eigenvalue weighted by Crippen LogP contribution is -2.15. The molecule has 94 valence electrons. The molecule has 2 rings (SSSR count). The molecular formula is C12H9BrClFN2O. The maximum atomic E-state index is 13.1. The zero-order chi connectivity index (χ0) is 13.3. The van der Waals surface area contributed by atoms with Gasteiger partial charge in [-0.15, -0.1) is 0 Å². The highest BCUT2D eigenvalue weighted by atomic mass is 79.9. The highest BCUT2D eigenvalue weighted by Gasteiger charge is 2.12. The zero-order valence-electron chi connectivity index (χ0n) is 9.38. The van der Waals surface area contributed by atoms with Crippen molar-refractivity contribution in [1.29, 1.82) is 0 Å². The van der Waals surface area contributed by atoms with Gasteiger partial charge in [0, 0.05) is 28.4 Å². The van der Waals surface area contributed by atoms with Gasteiger partial charge in [-0.05, 0) is 40.2 Å². The molecule has 0 atom stereocenters. The van der Waals surface area contributed by atoms with Crippen LogP contribution in [0.4, 0.5) is 10.1 Å². The normalized spacial score (nSPS) is 10.4. The van der Waals surface area contributed by atoms with Crippen molar-refractivity contribution in [1.82, 2.24) is 4.57 Å². The van der Waals surface area contributed by atoms with Crippen LogP contribution in [0.5, 0.6) is 0 Å². The van der Waals surface area contributed by atoms with Crippen LogP contribution in [-0.4, -0.2) is 10.5 Å². The fourth-order valence-electron chi connectivity index (χ4n) is 1.57. The average Bonchev–Trinajstić information content (AvgIpc) is 2.56. The first-order valence-electron chi connectivity index (χ1n) is 5.05. The van der Waals surface area contributed by atoms with E-state index in [4.69, 9.17) is 11.6 Å². The van der Waals surface area contributed by atoms with E-state index in [2.05, 4.69) is 21.2 Å². The predicted molar refractivity (Wildman–Crippen MR) is 72.5 cm³/mol. The monoisotopic (exact) mass is 330 g/mol. The van der Waals surface area contributed by atoms with Crippen LogP contribution >= 0.6 is 27.5 Å². The standard InChI is InChI=1S/C12H9BrClFN2O/c1-17-6-7(13)2-11(17)12(18)16-10-4-8(14)3-9(15)5-10/h2-6H,1H3,(H,16,18). The van der Waals surface area contributed by atoms with Gasteiger partial charge in [0.15, 0.2) is 0 Å². The molecule has 0 fully saturated rings. The summed E-state index contributed by atoms with van der Waals surface area (Å²) >= 11 is 8.99. The number of hydrogen-bond acceptors (Lipinski definition) is 1. The predicted octanol–water partition coefficient (Wildman–Crippen LogP) is 3.83. The highest BCUT2D eigenvalue weighted by molar-refractivity contribution is 9.10. The number of nitrogens with zero attached hydrogens (tertiary/aromatic N) is 1. The second-order valence-corrected chi connectivity index (χ2v) is 5.12. The molecule has 3 nitrogen and oxygen atoms in total. The topological polar surface area (TPSA) is 34.0 Å². The summed E-state index contributed by atoms with van der Waals surface area (Å²) in [6.45, 7) is 0. The van der Waals surface area contributed by atoms with Crippen LogP contribution in [-0.2, 0) is 7.05 Å². The summed E-state index contributed by atoms with van der Waals surface area (Å²) in [5.41, 5.74) is 0.782. The molecule has 1 heterocycles. The van der Waals surface area contributed by atoms with Gasteiger partial charge >= 0.3 is 0 Å². The van der Waals surface area contributed by atoms with E-state index in [-0.39, 0.29) is 10.9 Å². The Bertz CT molecular complexity index is 592. The number of nitrogens with one attached hydrogen (secondary N) is 1. The Hall–Kier alpha value is -1.33. The second kappa shape index (κ2) is 5.12. The smallest absolute Gasteiger partial charge is 0.272 e. The number of carbonyl (C=O) groups excluding carboxylic acids is 1. The quantitative estimate of drug-likeness (QED) is 0.891. The van der Waals surface area contributed by atoms with E-state index >= 15 is 0 Å². The zero-order valence-corrected chi connectivity index (χ0v) is 11.7. The third-order valence-electron chi connectivity index (χ3n) is 2.32. The Morgan fingerprint density at radius 2 is 2.11 bits per heavy atom. The van der Waals surface area contributed by atoms with Crippen molar-refractivity contribution in [3.8, 4) is 0 Å². The minimum atomic E-state index is -0.495. The molecule has 0 saturated carbocycles. The molecule has 0 saturated heterocycles. The molecule has 0 bridgehead atoms. The van der Waals surface area contributed by atoms with Crippen LogP contribution in [0, 0.1) is 5.82 Å². The molecule has 0 aliphatic carbocycles. The van der Waals surface area contributed by atoms with Gasteiger partial charge in [-0.1, -0.05) is 11.6 Å². The SMILES string of the molecule is Cn1cc(Br)cc1C(=O)Nc1cc(F)cc(Cl)c1. The molecule has 0 unspecified atom stereocenters. The first-order chi connectivity index (χ1) is 8.45. The van der Waals surface area contributed by atoms with Crippen LogP contribution in [0.25, 0.3) is 0 Å². The lowest BCUT2D eigenvalue weighted by molar-refractivity contribution is 0.101. The lowest BCUT2D eigenvalue weighted by Gasteiger charge is -2.06. The number of amides is 1. The maximum absolute atomic E-state index is 13.1. The number of aryl methyl sites for hydroxylation is 1. The summed E-state index contributed by atoms with van der Waals surface area (Å²) in [6, 6.07) is 5.55. The second-order valence-electron chi connectivity index (χ2n) is 3.77. The minimum Gasteiger partial charge on any atom is -0.345 e. The summed E-state index contributed by atoms with van der Waals surface area (Å²) in [7, 11) is 1.75. The van der Waals surface area contributed by atoms with E-state index in [9.17, 15) is 9.18 Å². The summed E-state index contributed by atoms with van der Waals surface area (Å²) in [5, 5.41) is 2.82. The van der Waals surface area contributed by atoms with Crippen molar-refractivity contribution < 1.29 is 9.18 Å². The largest absolute Gasteiger partial charge is 0.345 e. The Labute approximate surface area is 117 Å². The Morgan fingerprint density at radius 1 is 1.39 bits per heavy atom. The summed E-state index contributed by atoms with van der Waals surface area (Å²) in [4.78, 5) is 12.0. The molecule has 18 heavy (non-hydrogen) atoms. The third-order valence-corrected chi connectivity index (χ3v) is 2.98. The van der Waals surface area contributed by atoms with Gasteiger partial charge in [0.05, 0.1) is 0 Å². The fourth-order valence-corrected chi connectivity index (χ4v) is 2.32. The molecule has 0 radical (unpaired) electrons. The molecule has 1 amide bonds. The van der Waals surface area contributed by atoms with Crippen LogP contribution in [0.15, 0.2) is 34.9 Å². The highest BCUT2D eigenvalue weighted by Crippen LogP contribution is 2.20. The Balaban J connectivity index is 2.23. The first-order valence-corrected chi connectivity index (χ1v) is 6.22. The van der Waals surface area contributed by atoms with Crippen LogP contribution in [0.3, 0.4) is 0 Å². The minimum absolute atomic E-state index is 0.235. The van der Waals surface area contributed by atoms with Gasteiger partial charge in [0.1, 0.15) is 11.5 Å². The van der Waals surface area contributed by atoms with Gasteiger partial charge in [-0.3, -0.25) is 4.79 Å². The van der Waals surface area contributed by atoms with Crippen LogP contribution in [0.1, 0.15) is 10.5 Å². The summed E-state index contributed by atoms with van der Waals surface area (Å²) < 4.78 is 15.6. The van der Waals surface area contributed by atoms with Crippen molar-refractivity contribution in [3.05, 3.63) is 51.5 Å². The van der Waals surface area contributed by atoms with E-state index in [0.29, 0.717) is 11.4 Å². The Morgan fingerprint density at radius 3 is 2.67 bits per heavy atom. The van der Waals surface area contributed by atoms with Gasteiger partial charge in [0.25, 0.3) is 5.91 Å². The van der Waals surface area contributed by atoms with Gasteiger partial charge < -0.3 is 9.88 Å². The van der Waals surface area contributed by atoms with E-state index in [1.165, 1.54) is 18.2 Å². The molecule has 1 aromatic carbocycles. The van der Waals surface area contributed by atoms with Gasteiger partial charge in [-0.25, -0.2) is 4.39 Å². The van der Waals surface area contributed by atoms with E-state index in [1.807, 2.05) is 0 Å². The van der Waals surface area contributed by atoms with Crippen LogP contribution < -0.4 is 5.32 Å². The Kier molecular flexibility index (Phi) is 3.73. The van der Waals surface area contributed by atoms with Gasteiger partial charge in [0.2, 0.25) is 0 Å². The molecule has 2 aromatic rings. The number of halogens is 3. The molecule has 0 aliphatic heterocycles. The molecule has 0 spiro atoms. The fraction of sp³-hybridized carbons (Fsp3) is 0.0833. The summed E-state index contributed by atoms with van der Waals surface area (Å²) in [6.07, 6.45) is 1.76. The van der Waals surface area contributed by atoms with Gasteiger partial charge in [-0.2, -0.15) is 0 Å². The number of anilines is 1. The van der Waals surface area contributed by atoms with E-state index in [0.717, 1.165) is 4.47 Å². The van der Waals surface area contributed by atoms with Crippen LogP contribution in [0.2, 0.25) is 5.02 Å². The number of rotatable bonds is 2. The van der Waals surface area contributed by atoms with E-state index < -0.39 is 5.82 Å². The number of aromatic nitrogens is 1. The number of hydrogen-bond donors (Lipinski definition) is 1. The molecule has 0 aliphatic rings. The lowest BCUT2D eigenvalue weighted by atomic mass is 10.3. The number of carbonyl (C=O) groups is 1. The third kappa shape index (κ3) is 2.91. The average molecular weight is 332 g/mol. The van der Waals surface area contributed by atoms with E-state index in [1.54, 1.807) is 23.9 Å². The maximum Gasteiger partial charge on any atom is 0.272 e. The molecule has 6 heteroatoms. The van der Waals surface area contributed by atoms with Crippen molar-refractivity contribution in [2.24, 2.45) is 7.05 Å². The first kappa shape index (κ1) is 13.1. The number of benzene rings is 1. The van der Waals surface area contributed by atoms with Crippen molar-refractivity contribution in [3.63, 3.8) is 0 Å².